The van der Waals surface area contributed by atoms with Crippen molar-refractivity contribution in [3.05, 3.63) is 58.9 Å². The summed E-state index contributed by atoms with van der Waals surface area (Å²) in [5.41, 5.74) is 3.10. The average Bonchev–Trinajstić information content (AvgIpc) is 2.90. The van der Waals surface area contributed by atoms with Crippen LogP contribution in [0.4, 0.5) is 17.1 Å². The Morgan fingerprint density at radius 2 is 1.71 bits per heavy atom. The predicted molar refractivity (Wildman–Crippen MR) is 165 cm³/mol. The predicted octanol–water partition coefficient (Wildman–Crippen LogP) is 4.82. The number of nitrogens with one attached hydrogen (secondary N) is 3. The molecular formula is C30H43N5O5S. The van der Waals surface area contributed by atoms with Crippen LogP contribution in [0.1, 0.15) is 74.4 Å². The topological polar surface area (TPSA) is 143 Å². The van der Waals surface area contributed by atoms with Crippen LogP contribution in [0.2, 0.25) is 0 Å². The lowest BCUT2D eigenvalue weighted by Gasteiger charge is -2.24. The summed E-state index contributed by atoms with van der Waals surface area (Å²) in [5, 5.41) is 7.22. The highest BCUT2D eigenvalue weighted by Crippen LogP contribution is 2.39. The number of amides is 1. The van der Waals surface area contributed by atoms with Gasteiger partial charge in [-0.3, -0.25) is 19.3 Å². The minimum absolute atomic E-state index is 0.0185. The van der Waals surface area contributed by atoms with Crippen molar-refractivity contribution in [3.63, 3.8) is 0 Å². The van der Waals surface area contributed by atoms with Gasteiger partial charge in [-0.05, 0) is 60.6 Å². The van der Waals surface area contributed by atoms with Crippen molar-refractivity contribution < 1.29 is 22.7 Å². The fraction of sp³-hybridized carbons (Fsp3) is 0.467. The molecule has 0 atom stereocenters. The molecule has 0 radical (unpaired) electrons. The maximum Gasteiger partial charge on any atom is 0.255 e. The summed E-state index contributed by atoms with van der Waals surface area (Å²) in [6, 6.07) is 8.57. The van der Waals surface area contributed by atoms with E-state index in [1.807, 2.05) is 27.7 Å². The zero-order chi connectivity index (χ0) is 30.5. The number of methoxy groups -OCH3 is 1. The van der Waals surface area contributed by atoms with Crippen LogP contribution in [0, 0.1) is 12.8 Å². The number of anilines is 3. The number of aryl methyl sites for hydroxylation is 1. The number of hydrazine groups is 1. The van der Waals surface area contributed by atoms with Gasteiger partial charge in [-0.2, -0.15) is 0 Å². The Kier molecular flexibility index (Phi) is 10.1. The number of allylic oxidation sites excluding steroid dienone is 1. The molecule has 41 heavy (non-hydrogen) atoms. The van der Waals surface area contributed by atoms with E-state index in [4.69, 9.17) is 10.6 Å². The van der Waals surface area contributed by atoms with Crippen molar-refractivity contribution in [2.75, 3.05) is 35.5 Å². The van der Waals surface area contributed by atoms with Crippen LogP contribution >= 0.6 is 0 Å². The summed E-state index contributed by atoms with van der Waals surface area (Å²) in [4.78, 5) is 26.6. The maximum absolute atomic E-state index is 13.5. The summed E-state index contributed by atoms with van der Waals surface area (Å²) in [5.74, 6) is 6.17. The van der Waals surface area contributed by atoms with E-state index >= 15 is 0 Å². The van der Waals surface area contributed by atoms with E-state index in [1.165, 1.54) is 12.1 Å². The van der Waals surface area contributed by atoms with Crippen LogP contribution in [0.25, 0.3) is 0 Å². The molecule has 0 unspecified atom stereocenters. The number of nitrogens with two attached hydrogens (primary N) is 1. The molecular weight excluding hydrogens is 542 g/mol. The zero-order valence-corrected chi connectivity index (χ0v) is 25.9. The fourth-order valence-electron chi connectivity index (χ4n) is 4.92. The van der Waals surface area contributed by atoms with E-state index in [1.54, 1.807) is 43.6 Å². The molecule has 5 N–H and O–H groups in total. The fourth-order valence-corrected chi connectivity index (χ4v) is 5.47. The van der Waals surface area contributed by atoms with Gasteiger partial charge in [0.05, 0.1) is 36.1 Å². The lowest BCUT2D eigenvalue weighted by atomic mass is 9.85. The van der Waals surface area contributed by atoms with Crippen molar-refractivity contribution in [2.45, 2.75) is 65.2 Å². The van der Waals surface area contributed by atoms with E-state index in [9.17, 15) is 18.0 Å². The molecule has 2 aromatic carbocycles. The summed E-state index contributed by atoms with van der Waals surface area (Å²) in [6.07, 6.45) is 7.62. The van der Waals surface area contributed by atoms with Crippen molar-refractivity contribution in [3.8, 4) is 5.75 Å². The minimum Gasteiger partial charge on any atom is -0.492 e. The molecule has 1 fully saturated rings. The first-order valence-electron chi connectivity index (χ1n) is 13.7. The van der Waals surface area contributed by atoms with Gasteiger partial charge in [-0.25, -0.2) is 14.3 Å². The van der Waals surface area contributed by atoms with Gasteiger partial charge in [-0.1, -0.05) is 46.1 Å². The van der Waals surface area contributed by atoms with Gasteiger partial charge in [0, 0.05) is 24.7 Å². The van der Waals surface area contributed by atoms with Gasteiger partial charge in [0.2, 0.25) is 10.0 Å². The second-order valence-corrected chi connectivity index (χ2v) is 13.3. The number of rotatable bonds is 10. The van der Waals surface area contributed by atoms with Gasteiger partial charge in [0.1, 0.15) is 0 Å². The Morgan fingerprint density at radius 3 is 2.27 bits per heavy atom. The smallest absolute Gasteiger partial charge is 0.255 e. The zero-order valence-electron chi connectivity index (χ0n) is 25.1. The third-order valence-corrected chi connectivity index (χ3v) is 7.82. The summed E-state index contributed by atoms with van der Waals surface area (Å²) < 4.78 is 32.1. The normalized spacial score (nSPS) is 14.8. The van der Waals surface area contributed by atoms with E-state index < -0.39 is 15.9 Å². The first-order chi connectivity index (χ1) is 19.1. The lowest BCUT2D eigenvalue weighted by Crippen LogP contribution is -2.32. The molecule has 1 amide bonds. The number of nitrogens with zero attached hydrogens (tertiary/aromatic N) is 1. The lowest BCUT2D eigenvalue weighted by molar-refractivity contribution is -0.120. The molecule has 0 heterocycles. The molecule has 10 nitrogen and oxygen atoms in total. The van der Waals surface area contributed by atoms with Crippen molar-refractivity contribution in [1.82, 2.24) is 5.32 Å². The number of benzene rings is 2. The Bertz CT molecular complexity index is 1420. The number of hydrogen-bond donors (Lipinski definition) is 4. The SMILES string of the molecule is CN/C(=C\N(N)c1cc(C(=O)Nc2cc(C(C)(C)C)cc(NS(C)(=O)=O)c2OC)ccc1C)C(=O)C1CCCCC1. The van der Waals surface area contributed by atoms with Gasteiger partial charge < -0.3 is 15.4 Å². The first kappa shape index (κ1) is 32.0. The van der Waals surface area contributed by atoms with E-state index in [0.717, 1.165) is 49.5 Å². The van der Waals surface area contributed by atoms with Crippen LogP contribution in [-0.4, -0.2) is 40.5 Å². The number of ketones is 1. The number of sulfonamides is 1. The summed E-state index contributed by atoms with van der Waals surface area (Å²) >= 11 is 0. The van der Waals surface area contributed by atoms with Crippen LogP contribution < -0.4 is 30.9 Å². The number of hydrogen-bond acceptors (Lipinski definition) is 8. The molecule has 1 saturated carbocycles. The number of ether oxygens (including phenoxy) is 1. The Labute approximate surface area is 243 Å². The number of carbonyl (C=O) groups excluding carboxylic acids is 2. The molecule has 3 rings (SSSR count). The van der Waals surface area contributed by atoms with Crippen molar-refractivity contribution in [1.29, 1.82) is 0 Å². The monoisotopic (exact) mass is 585 g/mol. The van der Waals surface area contributed by atoms with Crippen LogP contribution in [0.15, 0.2) is 42.2 Å². The minimum atomic E-state index is -3.61. The molecule has 0 spiro atoms. The van der Waals surface area contributed by atoms with E-state index in [0.29, 0.717) is 22.6 Å². The molecule has 0 saturated heterocycles. The molecule has 224 valence electrons. The van der Waals surface area contributed by atoms with Crippen molar-refractivity contribution >= 4 is 38.8 Å². The average molecular weight is 586 g/mol. The molecule has 2 aromatic rings. The van der Waals surface area contributed by atoms with Gasteiger partial charge in [-0.15, -0.1) is 0 Å². The van der Waals surface area contributed by atoms with Crippen LogP contribution in [0.5, 0.6) is 5.75 Å². The molecule has 0 aliphatic heterocycles. The molecule has 1 aliphatic rings. The highest BCUT2D eigenvalue weighted by atomic mass is 32.2. The maximum atomic E-state index is 13.5. The third kappa shape index (κ3) is 8.23. The van der Waals surface area contributed by atoms with Crippen LogP contribution in [0.3, 0.4) is 0 Å². The molecule has 0 bridgehead atoms. The highest BCUT2D eigenvalue weighted by molar-refractivity contribution is 7.92. The van der Waals surface area contributed by atoms with Crippen molar-refractivity contribution in [2.24, 2.45) is 11.8 Å². The Hall–Kier alpha value is -3.57. The van der Waals surface area contributed by atoms with Gasteiger partial charge in [0.25, 0.3) is 5.91 Å². The second-order valence-electron chi connectivity index (χ2n) is 11.6. The molecule has 1 aliphatic carbocycles. The standard InChI is InChI=1S/C30H43N5O5S/c1-19-13-14-21(15-26(19)35(31)18-25(32-5)27(36)20-11-9-8-10-12-20)29(37)33-23-16-22(30(2,3)4)17-24(28(23)40-6)34-41(7,38)39/h13-18,20,32,34H,8-12,31H2,1-7H3,(H,33,37)/b25-18-. The second kappa shape index (κ2) is 12.9. The van der Waals surface area contributed by atoms with Crippen LogP contribution in [-0.2, 0) is 20.2 Å². The Balaban J connectivity index is 1.95. The number of likely N-dealkylation sites (N-methyl/N-ethyl adjacent to an activating group) is 1. The summed E-state index contributed by atoms with van der Waals surface area (Å²) in [7, 11) is -0.506. The van der Waals surface area contributed by atoms with Gasteiger partial charge in [0.15, 0.2) is 11.5 Å². The third-order valence-electron chi connectivity index (χ3n) is 7.23. The molecule has 11 heteroatoms. The number of carbonyl (C=O) groups is 2. The quantitative estimate of drug-likeness (QED) is 0.177. The first-order valence-corrected chi connectivity index (χ1v) is 15.6. The number of Topliss-reactive ketones (excluding diaryl/α,β-unsaturated/α-hetero) is 1. The van der Waals surface area contributed by atoms with E-state index in [2.05, 4.69) is 15.4 Å². The highest BCUT2D eigenvalue weighted by Gasteiger charge is 2.25. The van der Waals surface area contributed by atoms with Gasteiger partial charge >= 0.3 is 0 Å². The van der Waals surface area contributed by atoms with E-state index in [-0.39, 0.29) is 28.6 Å². The molecule has 0 aromatic heterocycles. The summed E-state index contributed by atoms with van der Waals surface area (Å²) in [6.45, 7) is 7.82. The largest absolute Gasteiger partial charge is 0.492 e. The Morgan fingerprint density at radius 1 is 1.07 bits per heavy atom.